The number of anilines is 1. The molecule has 0 saturated carbocycles. The Kier molecular flexibility index (Phi) is 6.13. The Balaban J connectivity index is 1.56. The monoisotopic (exact) mass is 475 g/mol. The first-order valence-corrected chi connectivity index (χ1v) is 10.7. The number of amides is 1. The van der Waals surface area contributed by atoms with Crippen molar-refractivity contribution in [2.75, 3.05) is 5.32 Å². The molecule has 0 aliphatic heterocycles. The van der Waals surface area contributed by atoms with Crippen LogP contribution in [0.2, 0.25) is 5.02 Å². The summed E-state index contributed by atoms with van der Waals surface area (Å²) in [6, 6.07) is 15.4. The summed E-state index contributed by atoms with van der Waals surface area (Å²) >= 11 is 6.38. The lowest BCUT2D eigenvalue weighted by molar-refractivity contribution is -0.123. The van der Waals surface area contributed by atoms with E-state index in [2.05, 4.69) is 5.32 Å². The molecule has 0 spiro atoms. The Bertz CT molecular complexity index is 1390. The third-order valence-corrected chi connectivity index (χ3v) is 5.86. The molecule has 1 aliphatic carbocycles. The fraction of sp³-hybridized carbons (Fsp3) is 0.115. The van der Waals surface area contributed by atoms with Crippen LogP contribution in [0.5, 0.6) is 0 Å². The van der Waals surface area contributed by atoms with Gasteiger partial charge in [0, 0.05) is 22.3 Å². The molecule has 1 atom stereocenters. The van der Waals surface area contributed by atoms with E-state index in [4.69, 9.17) is 16.3 Å². The van der Waals surface area contributed by atoms with Crippen molar-refractivity contribution in [2.24, 2.45) is 0 Å². The summed E-state index contributed by atoms with van der Waals surface area (Å²) in [6.45, 7) is 2.73. The van der Waals surface area contributed by atoms with Crippen LogP contribution in [0.25, 0.3) is 0 Å². The van der Waals surface area contributed by atoms with Crippen LogP contribution in [0.15, 0.2) is 60.7 Å². The molecule has 0 fully saturated rings. The highest BCUT2D eigenvalue weighted by molar-refractivity contribution is 6.41. The fourth-order valence-electron chi connectivity index (χ4n) is 3.71. The number of carbonyl (C=O) groups excluding carboxylic acids is 5. The van der Waals surface area contributed by atoms with E-state index in [1.807, 2.05) is 0 Å². The van der Waals surface area contributed by atoms with E-state index in [-0.39, 0.29) is 50.1 Å². The molecule has 1 aliphatic rings. The van der Waals surface area contributed by atoms with Gasteiger partial charge in [-0.05, 0) is 38.1 Å². The number of para-hydroxylation sites is 1. The largest absolute Gasteiger partial charge is 0.449 e. The van der Waals surface area contributed by atoms with Gasteiger partial charge >= 0.3 is 5.97 Å². The number of ketones is 3. The lowest BCUT2D eigenvalue weighted by Crippen LogP contribution is -2.31. The van der Waals surface area contributed by atoms with Crippen LogP contribution in [-0.4, -0.2) is 35.3 Å². The molecule has 3 aromatic rings. The van der Waals surface area contributed by atoms with Gasteiger partial charge in [-0.25, -0.2) is 4.79 Å². The van der Waals surface area contributed by atoms with Crippen molar-refractivity contribution < 1.29 is 28.7 Å². The SMILES string of the molecule is CC(=O)c1ccccc1NC(=O)C(C)OC(=O)c1ccc2c(c1Cl)C(=O)c1ccccc1C2=O. The quantitative estimate of drug-likeness (QED) is 0.336. The number of esters is 1. The van der Waals surface area contributed by atoms with E-state index in [0.717, 1.165) is 0 Å². The van der Waals surface area contributed by atoms with Crippen molar-refractivity contribution in [3.05, 3.63) is 99.1 Å². The molecule has 1 N–H and O–H groups in total. The Morgan fingerprint density at radius 2 is 1.44 bits per heavy atom. The summed E-state index contributed by atoms with van der Waals surface area (Å²) in [5.74, 6) is -2.67. The predicted octanol–water partition coefficient (Wildman–Crippen LogP) is 4.50. The first kappa shape index (κ1) is 23.1. The zero-order chi connectivity index (χ0) is 24.6. The van der Waals surface area contributed by atoms with Crippen LogP contribution in [0.1, 0.15) is 66.4 Å². The molecule has 0 saturated heterocycles. The van der Waals surface area contributed by atoms with Gasteiger partial charge in [0.1, 0.15) is 0 Å². The van der Waals surface area contributed by atoms with E-state index < -0.39 is 23.8 Å². The van der Waals surface area contributed by atoms with E-state index in [1.54, 1.807) is 42.5 Å². The van der Waals surface area contributed by atoms with Crippen molar-refractivity contribution in [3.8, 4) is 0 Å². The molecular weight excluding hydrogens is 458 g/mol. The van der Waals surface area contributed by atoms with E-state index in [0.29, 0.717) is 5.56 Å². The number of halogens is 1. The average Bonchev–Trinajstić information content (AvgIpc) is 2.82. The molecule has 170 valence electrons. The Hall–Kier alpha value is -4.10. The molecule has 0 radical (unpaired) electrons. The molecular formula is C26H18ClNO6. The molecule has 8 heteroatoms. The molecule has 0 aromatic heterocycles. The van der Waals surface area contributed by atoms with Crippen molar-refractivity contribution >= 4 is 46.5 Å². The number of ether oxygens (including phenoxy) is 1. The lowest BCUT2D eigenvalue weighted by Gasteiger charge is -2.20. The molecule has 4 rings (SSSR count). The van der Waals surface area contributed by atoms with Crippen LogP contribution in [0, 0.1) is 0 Å². The highest BCUT2D eigenvalue weighted by Crippen LogP contribution is 2.34. The highest BCUT2D eigenvalue weighted by Gasteiger charge is 2.34. The molecule has 7 nitrogen and oxygen atoms in total. The molecule has 0 heterocycles. The average molecular weight is 476 g/mol. The minimum absolute atomic E-state index is 0.0766. The van der Waals surface area contributed by atoms with Crippen LogP contribution in [-0.2, 0) is 9.53 Å². The molecule has 34 heavy (non-hydrogen) atoms. The normalized spacial score (nSPS) is 12.9. The van der Waals surface area contributed by atoms with E-state index in [1.165, 1.54) is 32.0 Å². The predicted molar refractivity (Wildman–Crippen MR) is 125 cm³/mol. The number of hydrogen-bond acceptors (Lipinski definition) is 6. The van der Waals surface area contributed by atoms with E-state index >= 15 is 0 Å². The maximum atomic E-state index is 13.0. The Morgan fingerprint density at radius 1 is 0.824 bits per heavy atom. The zero-order valence-corrected chi connectivity index (χ0v) is 18.9. The lowest BCUT2D eigenvalue weighted by atomic mass is 9.83. The summed E-state index contributed by atoms with van der Waals surface area (Å²) in [5.41, 5.74) is 0.939. The Morgan fingerprint density at radius 3 is 2.12 bits per heavy atom. The second-order valence-corrected chi connectivity index (χ2v) is 8.07. The van der Waals surface area contributed by atoms with Gasteiger partial charge in [-0.2, -0.15) is 0 Å². The third kappa shape index (κ3) is 4.02. The van der Waals surface area contributed by atoms with Gasteiger partial charge < -0.3 is 10.1 Å². The van der Waals surface area contributed by atoms with Gasteiger partial charge in [0.15, 0.2) is 23.5 Å². The summed E-state index contributed by atoms with van der Waals surface area (Å²) in [5, 5.41) is 2.35. The number of rotatable bonds is 5. The van der Waals surface area contributed by atoms with Crippen molar-refractivity contribution in [3.63, 3.8) is 0 Å². The number of carbonyl (C=O) groups is 5. The number of hydrogen-bond donors (Lipinski definition) is 1. The van der Waals surface area contributed by atoms with Crippen molar-refractivity contribution in [1.29, 1.82) is 0 Å². The molecule has 1 unspecified atom stereocenters. The number of nitrogens with one attached hydrogen (secondary N) is 1. The number of Topliss-reactive ketones (excluding diaryl/α,β-unsaturated/α-hetero) is 1. The fourth-order valence-corrected chi connectivity index (χ4v) is 4.04. The molecule has 0 bridgehead atoms. The first-order chi connectivity index (χ1) is 16.2. The topological polar surface area (TPSA) is 107 Å². The van der Waals surface area contributed by atoms with Gasteiger partial charge in [-0.1, -0.05) is 48.0 Å². The van der Waals surface area contributed by atoms with Crippen LogP contribution in [0.4, 0.5) is 5.69 Å². The van der Waals surface area contributed by atoms with Crippen LogP contribution in [0.3, 0.4) is 0 Å². The van der Waals surface area contributed by atoms with Crippen LogP contribution < -0.4 is 5.32 Å². The minimum atomic E-state index is -1.24. The maximum absolute atomic E-state index is 13.0. The first-order valence-electron chi connectivity index (χ1n) is 10.3. The highest BCUT2D eigenvalue weighted by atomic mass is 35.5. The summed E-state index contributed by atoms with van der Waals surface area (Å²) in [4.78, 5) is 62.9. The standard InChI is InChI=1S/C26H18ClNO6/c1-13(29)15-7-5-6-10-20(15)28-25(32)14(2)34-26(33)19-12-11-18-21(22(19)27)24(31)17-9-4-3-8-16(17)23(18)30/h3-12,14H,1-2H3,(H,28,32). The summed E-state index contributed by atoms with van der Waals surface area (Å²) in [7, 11) is 0. The summed E-state index contributed by atoms with van der Waals surface area (Å²) in [6.07, 6.45) is -1.24. The maximum Gasteiger partial charge on any atom is 0.340 e. The van der Waals surface area contributed by atoms with Gasteiger partial charge in [-0.15, -0.1) is 0 Å². The van der Waals surface area contributed by atoms with Gasteiger partial charge in [-0.3, -0.25) is 19.2 Å². The second kappa shape index (κ2) is 9.03. The van der Waals surface area contributed by atoms with Gasteiger partial charge in [0.25, 0.3) is 5.91 Å². The smallest absolute Gasteiger partial charge is 0.340 e. The summed E-state index contributed by atoms with van der Waals surface area (Å²) < 4.78 is 5.26. The second-order valence-electron chi connectivity index (χ2n) is 7.69. The van der Waals surface area contributed by atoms with E-state index in [9.17, 15) is 24.0 Å². The Labute approximate surface area is 199 Å². The minimum Gasteiger partial charge on any atom is -0.449 e. The van der Waals surface area contributed by atoms with Crippen molar-refractivity contribution in [1.82, 2.24) is 0 Å². The van der Waals surface area contributed by atoms with Crippen LogP contribution >= 0.6 is 11.6 Å². The number of fused-ring (bicyclic) bond motifs is 2. The zero-order valence-electron chi connectivity index (χ0n) is 18.2. The van der Waals surface area contributed by atoms with Crippen molar-refractivity contribution in [2.45, 2.75) is 20.0 Å². The van der Waals surface area contributed by atoms with Gasteiger partial charge in [0.05, 0.1) is 21.8 Å². The third-order valence-electron chi connectivity index (χ3n) is 5.47. The number of benzene rings is 3. The van der Waals surface area contributed by atoms with Gasteiger partial charge in [0.2, 0.25) is 0 Å². The molecule has 3 aromatic carbocycles. The molecule has 1 amide bonds.